The van der Waals surface area contributed by atoms with E-state index >= 15 is 0 Å². The van der Waals surface area contributed by atoms with Crippen LogP contribution in [0.4, 0.5) is 0 Å². The molecule has 0 aliphatic carbocycles. The molecule has 5 aromatic rings. The maximum Gasteiger partial charge on any atom is 0.143 e. The number of para-hydroxylation sites is 1. The van der Waals surface area contributed by atoms with E-state index in [2.05, 4.69) is 120 Å². The largest absolute Gasteiger partial charge is 0.495 e. The van der Waals surface area contributed by atoms with Gasteiger partial charge in [0.2, 0.25) is 0 Å². The van der Waals surface area contributed by atoms with Gasteiger partial charge in [0.1, 0.15) is 28.9 Å². The number of hydrogen-bond acceptors (Lipinski definition) is 1. The van der Waals surface area contributed by atoms with Crippen molar-refractivity contribution in [1.82, 2.24) is 4.57 Å². The fourth-order valence-electron chi connectivity index (χ4n) is 4.94. The van der Waals surface area contributed by atoms with Crippen molar-refractivity contribution in [2.45, 2.75) is 13.0 Å². The highest BCUT2D eigenvalue weighted by Crippen LogP contribution is 2.55. The smallest absolute Gasteiger partial charge is 0.143 e. The van der Waals surface area contributed by atoms with Crippen LogP contribution in [0.1, 0.15) is 6.42 Å². The van der Waals surface area contributed by atoms with E-state index in [9.17, 15) is 0 Å². The number of rotatable bonds is 8. The molecule has 0 aliphatic heterocycles. The molecule has 33 heavy (non-hydrogen) atoms. The first-order valence-electron chi connectivity index (χ1n) is 11.5. The highest BCUT2D eigenvalue weighted by Gasteiger charge is 2.44. The van der Waals surface area contributed by atoms with E-state index in [1.807, 2.05) is 6.07 Å². The maximum absolute atomic E-state index is 5.67. The van der Waals surface area contributed by atoms with Gasteiger partial charge in [-0.2, -0.15) is 0 Å². The van der Waals surface area contributed by atoms with Gasteiger partial charge >= 0.3 is 0 Å². The van der Waals surface area contributed by atoms with Gasteiger partial charge in [-0.25, -0.2) is 0 Å². The Bertz CT molecular complexity index is 1220. The second-order valence-corrected chi connectivity index (χ2v) is 11.9. The minimum Gasteiger partial charge on any atom is -0.495 e. The van der Waals surface area contributed by atoms with Crippen molar-refractivity contribution in [1.29, 1.82) is 0 Å². The van der Waals surface area contributed by atoms with Crippen molar-refractivity contribution >= 4 is 34.1 Å². The van der Waals surface area contributed by atoms with Gasteiger partial charge in [-0.15, -0.1) is 0 Å². The van der Waals surface area contributed by atoms with Crippen LogP contribution in [0.5, 0.6) is 5.75 Å². The molecule has 1 heterocycles. The van der Waals surface area contributed by atoms with Crippen molar-refractivity contribution in [3.05, 3.63) is 121 Å². The van der Waals surface area contributed by atoms with Crippen molar-refractivity contribution in [3.8, 4) is 5.75 Å². The van der Waals surface area contributed by atoms with E-state index in [4.69, 9.17) is 4.74 Å². The van der Waals surface area contributed by atoms with Crippen LogP contribution in [0, 0.1) is 0 Å². The third-order valence-corrected chi connectivity index (χ3v) is 11.0. The topological polar surface area (TPSA) is 14.2 Å². The van der Waals surface area contributed by atoms with Gasteiger partial charge < -0.3 is 9.30 Å². The third kappa shape index (κ3) is 4.08. The zero-order valence-electron chi connectivity index (χ0n) is 19.0. The lowest BCUT2D eigenvalue weighted by molar-refractivity contribution is 0.417. The van der Waals surface area contributed by atoms with Gasteiger partial charge in [-0.3, -0.25) is 0 Å². The van der Waals surface area contributed by atoms with E-state index in [0.29, 0.717) is 0 Å². The molecule has 0 fully saturated rings. The standard InChI is InChI=1S/C30H29NOP/c1-32-29-20-11-13-25-21-23-31(30(25)29)22-12-24-33(26-14-5-2-6-15-26,27-16-7-3-8-17-27)28-18-9-4-10-19-28/h2-11,13-21,23H,12,22,24H2,1H3/q+1. The van der Waals surface area contributed by atoms with Gasteiger partial charge in [0, 0.05) is 24.5 Å². The first-order chi connectivity index (χ1) is 16.3. The van der Waals surface area contributed by atoms with Crippen LogP contribution in [-0.4, -0.2) is 17.8 Å². The molecule has 164 valence electrons. The Morgan fingerprint density at radius 3 is 1.70 bits per heavy atom. The Hall–Kier alpha value is -3.35. The van der Waals surface area contributed by atoms with Crippen molar-refractivity contribution in [3.63, 3.8) is 0 Å². The van der Waals surface area contributed by atoms with Crippen molar-refractivity contribution in [2.75, 3.05) is 13.3 Å². The van der Waals surface area contributed by atoms with Crippen LogP contribution in [0.2, 0.25) is 0 Å². The second kappa shape index (κ2) is 9.65. The molecule has 0 saturated heterocycles. The van der Waals surface area contributed by atoms with Gasteiger partial charge in [-0.05, 0) is 48.5 Å². The number of hydrogen-bond donors (Lipinski definition) is 0. The average Bonchev–Trinajstić information content (AvgIpc) is 3.31. The number of fused-ring (bicyclic) bond motifs is 1. The number of benzene rings is 4. The molecule has 3 heteroatoms. The SMILES string of the molecule is COc1cccc2ccn(CCC[P+](c3ccccc3)(c3ccccc3)c3ccccc3)c12. The fourth-order valence-corrected chi connectivity index (χ4v) is 9.27. The molecule has 0 bridgehead atoms. The molecule has 0 aliphatic rings. The molecule has 0 saturated carbocycles. The van der Waals surface area contributed by atoms with Crippen LogP contribution in [-0.2, 0) is 6.54 Å². The highest BCUT2D eigenvalue weighted by molar-refractivity contribution is 7.95. The van der Waals surface area contributed by atoms with Gasteiger partial charge in [0.15, 0.2) is 0 Å². The molecule has 1 aromatic heterocycles. The third-order valence-electron chi connectivity index (χ3n) is 6.45. The zero-order chi connectivity index (χ0) is 22.5. The summed E-state index contributed by atoms with van der Waals surface area (Å²) < 4.78 is 8.02. The van der Waals surface area contributed by atoms with Crippen LogP contribution in [0.3, 0.4) is 0 Å². The molecule has 0 unspecified atom stereocenters. The lowest BCUT2D eigenvalue weighted by atomic mass is 10.2. The minimum atomic E-state index is -1.80. The summed E-state index contributed by atoms with van der Waals surface area (Å²) in [6.45, 7) is 0.956. The molecule has 2 nitrogen and oxygen atoms in total. The average molecular weight is 451 g/mol. The zero-order valence-corrected chi connectivity index (χ0v) is 19.9. The Morgan fingerprint density at radius 2 is 1.18 bits per heavy atom. The predicted octanol–water partition coefficient (Wildman–Crippen LogP) is 6.03. The summed E-state index contributed by atoms with van der Waals surface area (Å²) in [6, 6.07) is 41.8. The number of nitrogens with zero attached hydrogens (tertiary/aromatic N) is 1. The summed E-state index contributed by atoms with van der Waals surface area (Å²) in [5, 5.41) is 5.55. The second-order valence-electron chi connectivity index (χ2n) is 8.30. The Morgan fingerprint density at radius 1 is 0.636 bits per heavy atom. The monoisotopic (exact) mass is 450 g/mol. The summed E-state index contributed by atoms with van der Waals surface area (Å²) in [5.41, 5.74) is 1.18. The molecule has 0 spiro atoms. The molecular formula is C30H29NOP+. The summed E-state index contributed by atoms with van der Waals surface area (Å²) in [7, 11) is -0.0425. The van der Waals surface area contributed by atoms with Crippen LogP contribution >= 0.6 is 7.26 Å². The molecule has 0 amide bonds. The Labute approximate surface area is 196 Å². The summed E-state index contributed by atoms with van der Waals surface area (Å²) >= 11 is 0. The molecule has 5 rings (SSSR count). The van der Waals surface area contributed by atoms with Crippen molar-refractivity contribution < 1.29 is 4.74 Å². The van der Waals surface area contributed by atoms with E-state index in [-0.39, 0.29) is 0 Å². The fraction of sp³-hybridized carbons (Fsp3) is 0.133. The van der Waals surface area contributed by atoms with E-state index in [0.717, 1.165) is 24.9 Å². The summed E-state index contributed by atoms with van der Waals surface area (Å²) in [6.07, 6.45) is 4.38. The molecule has 4 aromatic carbocycles. The minimum absolute atomic E-state index is 0.938. The molecule has 0 radical (unpaired) electrons. The normalized spacial score (nSPS) is 11.5. The van der Waals surface area contributed by atoms with E-state index in [1.54, 1.807) is 7.11 Å². The predicted molar refractivity (Wildman–Crippen MR) is 143 cm³/mol. The first-order valence-corrected chi connectivity index (χ1v) is 13.5. The van der Waals surface area contributed by atoms with E-state index in [1.165, 1.54) is 26.8 Å². The summed E-state index contributed by atoms with van der Waals surface area (Å²) in [4.78, 5) is 0. The number of aromatic nitrogens is 1. The quantitative estimate of drug-likeness (QED) is 0.263. The van der Waals surface area contributed by atoms with E-state index < -0.39 is 7.26 Å². The molecular weight excluding hydrogens is 421 g/mol. The number of aryl methyl sites for hydroxylation is 1. The number of ether oxygens (including phenoxy) is 1. The first kappa shape index (κ1) is 21.5. The van der Waals surface area contributed by atoms with Gasteiger partial charge in [0.05, 0.1) is 18.8 Å². The highest BCUT2D eigenvalue weighted by atomic mass is 31.2. The van der Waals surface area contributed by atoms with Crippen LogP contribution < -0.4 is 20.7 Å². The number of methoxy groups -OCH3 is 1. The summed E-state index contributed by atoms with van der Waals surface area (Å²) in [5.74, 6) is 0.938. The van der Waals surface area contributed by atoms with Crippen LogP contribution in [0.25, 0.3) is 10.9 Å². The Kier molecular flexibility index (Phi) is 6.28. The van der Waals surface area contributed by atoms with Gasteiger partial charge in [0.25, 0.3) is 0 Å². The molecule has 0 atom stereocenters. The Balaban J connectivity index is 1.56. The molecule has 0 N–H and O–H groups in total. The lowest BCUT2D eigenvalue weighted by Crippen LogP contribution is -2.33. The van der Waals surface area contributed by atoms with Crippen molar-refractivity contribution in [2.24, 2.45) is 0 Å². The van der Waals surface area contributed by atoms with Crippen LogP contribution in [0.15, 0.2) is 121 Å². The van der Waals surface area contributed by atoms with Gasteiger partial charge in [-0.1, -0.05) is 66.7 Å². The lowest BCUT2D eigenvalue weighted by Gasteiger charge is -2.28. The maximum atomic E-state index is 5.67.